The maximum Gasteiger partial charge on any atom is 0.142 e. The molecular weight excluding hydrogens is 239 g/mol. The van der Waals surface area contributed by atoms with Crippen LogP contribution in [0.1, 0.15) is 38.2 Å². The summed E-state index contributed by atoms with van der Waals surface area (Å²) >= 11 is 5.92. The van der Waals surface area contributed by atoms with Crippen LogP contribution >= 0.6 is 11.6 Å². The summed E-state index contributed by atoms with van der Waals surface area (Å²) in [6, 6.07) is 4.78. The molecule has 2 rings (SSSR count). The number of hydrogen-bond donors (Lipinski definition) is 1. The second-order valence-electron chi connectivity index (χ2n) is 5.30. The number of aliphatic hydroxyl groups is 1. The Morgan fingerprint density at radius 2 is 2.06 bits per heavy atom. The summed E-state index contributed by atoms with van der Waals surface area (Å²) in [5, 5.41) is 10.6. The molecule has 0 spiro atoms. The van der Waals surface area contributed by atoms with E-state index in [4.69, 9.17) is 11.6 Å². The maximum absolute atomic E-state index is 13.3. The third-order valence-electron chi connectivity index (χ3n) is 3.76. The number of halogens is 2. The Morgan fingerprint density at radius 1 is 1.41 bits per heavy atom. The summed E-state index contributed by atoms with van der Waals surface area (Å²) in [7, 11) is 0. The van der Waals surface area contributed by atoms with Gasteiger partial charge in [-0.3, -0.25) is 0 Å². The van der Waals surface area contributed by atoms with Crippen molar-refractivity contribution in [3.63, 3.8) is 0 Å². The topological polar surface area (TPSA) is 20.2 Å². The molecule has 3 heteroatoms. The van der Waals surface area contributed by atoms with Gasteiger partial charge < -0.3 is 5.11 Å². The zero-order valence-corrected chi connectivity index (χ0v) is 10.8. The molecule has 1 nitrogen and oxygen atoms in total. The normalized spacial score (nSPS) is 29.3. The standard InChI is InChI=1S/C14H18ClFO/c1-10-5-7-14(17,8-6-10)9-11-3-2-4-12(16)13(11)15/h2-4,10,17H,5-9H2,1H3. The van der Waals surface area contributed by atoms with Crippen LogP contribution in [0.3, 0.4) is 0 Å². The molecule has 0 aliphatic heterocycles. The van der Waals surface area contributed by atoms with E-state index in [1.54, 1.807) is 12.1 Å². The second-order valence-corrected chi connectivity index (χ2v) is 5.67. The van der Waals surface area contributed by atoms with Crippen LogP contribution in [0.4, 0.5) is 4.39 Å². The lowest BCUT2D eigenvalue weighted by Crippen LogP contribution is -2.35. The van der Waals surface area contributed by atoms with Crippen molar-refractivity contribution < 1.29 is 9.50 Å². The highest BCUT2D eigenvalue weighted by Gasteiger charge is 2.32. The van der Waals surface area contributed by atoms with Crippen LogP contribution in [-0.4, -0.2) is 10.7 Å². The highest BCUT2D eigenvalue weighted by Crippen LogP contribution is 2.35. The van der Waals surface area contributed by atoms with E-state index in [1.165, 1.54) is 6.07 Å². The molecular formula is C14H18ClFO. The molecule has 1 aromatic carbocycles. The van der Waals surface area contributed by atoms with Gasteiger partial charge in [0.25, 0.3) is 0 Å². The Balaban J connectivity index is 2.12. The highest BCUT2D eigenvalue weighted by atomic mass is 35.5. The van der Waals surface area contributed by atoms with E-state index in [2.05, 4.69) is 6.92 Å². The molecule has 0 atom stereocenters. The van der Waals surface area contributed by atoms with E-state index in [0.29, 0.717) is 17.9 Å². The van der Waals surface area contributed by atoms with Gasteiger partial charge >= 0.3 is 0 Å². The van der Waals surface area contributed by atoms with Crippen molar-refractivity contribution in [3.05, 3.63) is 34.6 Å². The van der Waals surface area contributed by atoms with Crippen LogP contribution in [0.2, 0.25) is 5.02 Å². The molecule has 0 saturated heterocycles. The first-order valence-corrected chi connectivity index (χ1v) is 6.53. The van der Waals surface area contributed by atoms with Gasteiger partial charge in [-0.25, -0.2) is 4.39 Å². The zero-order chi connectivity index (χ0) is 12.5. The summed E-state index contributed by atoms with van der Waals surface area (Å²) in [5.74, 6) is 0.273. The third-order valence-corrected chi connectivity index (χ3v) is 4.18. The Kier molecular flexibility index (Phi) is 3.74. The lowest BCUT2D eigenvalue weighted by atomic mass is 9.76. The third kappa shape index (κ3) is 2.99. The molecule has 1 N–H and O–H groups in total. The summed E-state index contributed by atoms with van der Waals surface area (Å²) in [4.78, 5) is 0. The molecule has 0 amide bonds. The molecule has 1 aromatic rings. The molecule has 94 valence electrons. The molecule has 1 saturated carbocycles. The molecule has 0 heterocycles. The van der Waals surface area contributed by atoms with E-state index >= 15 is 0 Å². The molecule has 0 radical (unpaired) electrons. The smallest absolute Gasteiger partial charge is 0.142 e. The largest absolute Gasteiger partial charge is 0.390 e. The molecule has 0 unspecified atom stereocenters. The zero-order valence-electron chi connectivity index (χ0n) is 10.0. The van der Waals surface area contributed by atoms with Crippen molar-refractivity contribution in [2.75, 3.05) is 0 Å². The summed E-state index contributed by atoms with van der Waals surface area (Å²) in [6.07, 6.45) is 4.07. The van der Waals surface area contributed by atoms with Crippen molar-refractivity contribution in [1.82, 2.24) is 0 Å². The van der Waals surface area contributed by atoms with Crippen LogP contribution in [0.5, 0.6) is 0 Å². The van der Waals surface area contributed by atoms with Crippen molar-refractivity contribution in [2.24, 2.45) is 5.92 Å². The first-order chi connectivity index (χ1) is 8.00. The van der Waals surface area contributed by atoms with Crippen LogP contribution in [0, 0.1) is 11.7 Å². The summed E-state index contributed by atoms with van der Waals surface area (Å²) < 4.78 is 13.3. The fraction of sp³-hybridized carbons (Fsp3) is 0.571. The Labute approximate surface area is 107 Å². The SMILES string of the molecule is CC1CCC(O)(Cc2cccc(F)c2Cl)CC1. The fourth-order valence-corrected chi connectivity index (χ4v) is 2.71. The van der Waals surface area contributed by atoms with E-state index in [1.807, 2.05) is 0 Å². The van der Waals surface area contributed by atoms with Crippen molar-refractivity contribution >= 4 is 11.6 Å². The van der Waals surface area contributed by atoms with Crippen molar-refractivity contribution in [3.8, 4) is 0 Å². The van der Waals surface area contributed by atoms with Gasteiger partial charge in [-0.1, -0.05) is 30.7 Å². The second kappa shape index (κ2) is 4.95. The van der Waals surface area contributed by atoms with Crippen LogP contribution in [0.25, 0.3) is 0 Å². The van der Waals surface area contributed by atoms with Gasteiger partial charge in [0.2, 0.25) is 0 Å². The van der Waals surface area contributed by atoms with E-state index < -0.39 is 11.4 Å². The van der Waals surface area contributed by atoms with E-state index in [0.717, 1.165) is 25.7 Å². The summed E-state index contributed by atoms with van der Waals surface area (Å²) in [5.41, 5.74) is 0.00736. The predicted octanol–water partition coefficient (Wildman–Crippen LogP) is 3.96. The molecule has 1 aliphatic carbocycles. The van der Waals surface area contributed by atoms with Gasteiger partial charge in [0.1, 0.15) is 5.82 Å². The number of rotatable bonds is 2. The van der Waals surface area contributed by atoms with Crippen molar-refractivity contribution in [1.29, 1.82) is 0 Å². The Bertz CT molecular complexity index is 397. The lowest BCUT2D eigenvalue weighted by molar-refractivity contribution is -0.00669. The molecule has 0 aromatic heterocycles. The fourth-order valence-electron chi connectivity index (χ4n) is 2.52. The molecule has 0 bridgehead atoms. The van der Waals surface area contributed by atoms with Gasteiger partial charge in [-0.05, 0) is 43.2 Å². The quantitative estimate of drug-likeness (QED) is 0.849. The average molecular weight is 257 g/mol. The minimum absolute atomic E-state index is 0.152. The predicted molar refractivity (Wildman–Crippen MR) is 67.7 cm³/mol. The lowest BCUT2D eigenvalue weighted by Gasteiger charge is -2.35. The van der Waals surface area contributed by atoms with Crippen molar-refractivity contribution in [2.45, 2.75) is 44.6 Å². The first kappa shape index (κ1) is 12.8. The average Bonchev–Trinajstić information content (AvgIpc) is 2.30. The summed E-state index contributed by atoms with van der Waals surface area (Å²) in [6.45, 7) is 2.20. The van der Waals surface area contributed by atoms with Gasteiger partial charge in [0.15, 0.2) is 0 Å². The minimum atomic E-state index is -0.704. The molecule has 17 heavy (non-hydrogen) atoms. The van der Waals surface area contributed by atoms with Crippen LogP contribution in [0.15, 0.2) is 18.2 Å². The minimum Gasteiger partial charge on any atom is -0.390 e. The van der Waals surface area contributed by atoms with E-state index in [-0.39, 0.29) is 5.02 Å². The maximum atomic E-state index is 13.3. The van der Waals surface area contributed by atoms with Gasteiger partial charge in [0, 0.05) is 6.42 Å². The van der Waals surface area contributed by atoms with Gasteiger partial charge in [-0.15, -0.1) is 0 Å². The highest BCUT2D eigenvalue weighted by molar-refractivity contribution is 6.31. The Morgan fingerprint density at radius 3 is 2.71 bits per heavy atom. The van der Waals surface area contributed by atoms with Gasteiger partial charge in [0.05, 0.1) is 10.6 Å². The van der Waals surface area contributed by atoms with E-state index in [9.17, 15) is 9.50 Å². The Hall–Kier alpha value is -0.600. The number of hydrogen-bond acceptors (Lipinski definition) is 1. The van der Waals surface area contributed by atoms with Crippen LogP contribution in [-0.2, 0) is 6.42 Å². The van der Waals surface area contributed by atoms with Gasteiger partial charge in [-0.2, -0.15) is 0 Å². The monoisotopic (exact) mass is 256 g/mol. The molecule has 1 fully saturated rings. The number of benzene rings is 1. The van der Waals surface area contributed by atoms with Crippen LogP contribution < -0.4 is 0 Å². The molecule has 1 aliphatic rings. The first-order valence-electron chi connectivity index (χ1n) is 6.15.